The lowest BCUT2D eigenvalue weighted by Crippen LogP contribution is -2.41. The molecule has 1 aliphatic heterocycles. The Morgan fingerprint density at radius 2 is 1.69 bits per heavy atom. The monoisotopic (exact) mass is 370 g/mol. The molecular formula is C18H25BF2O5. The maximum atomic E-state index is 12.9. The summed E-state index contributed by atoms with van der Waals surface area (Å²) in [5, 5.41) is 0. The number of carbonyl (C=O) groups is 1. The van der Waals surface area contributed by atoms with Crippen LogP contribution >= 0.6 is 0 Å². The summed E-state index contributed by atoms with van der Waals surface area (Å²) >= 11 is 0. The molecule has 0 saturated carbocycles. The third-order valence-electron chi connectivity index (χ3n) is 4.81. The molecule has 5 nitrogen and oxygen atoms in total. The Labute approximate surface area is 153 Å². The number of halogens is 2. The van der Waals surface area contributed by atoms with E-state index >= 15 is 0 Å². The zero-order valence-electron chi connectivity index (χ0n) is 16.0. The molecular weight excluding hydrogens is 345 g/mol. The Hall–Kier alpha value is -1.67. The number of Topliss-reactive ketones (excluding diaryl/α,β-unsaturated/α-hetero) is 1. The van der Waals surface area contributed by atoms with E-state index < -0.39 is 24.9 Å². The second-order valence-corrected chi connectivity index (χ2v) is 7.24. The van der Waals surface area contributed by atoms with Gasteiger partial charge < -0.3 is 18.8 Å². The van der Waals surface area contributed by atoms with Crippen molar-refractivity contribution in [2.45, 2.75) is 65.3 Å². The molecule has 0 aromatic heterocycles. The molecule has 0 atom stereocenters. The average Bonchev–Trinajstić information content (AvgIpc) is 2.74. The number of hydrogen-bond donors (Lipinski definition) is 0. The third kappa shape index (κ3) is 4.01. The van der Waals surface area contributed by atoms with Crippen LogP contribution in [0.15, 0.2) is 12.1 Å². The Morgan fingerprint density at radius 1 is 1.15 bits per heavy atom. The molecule has 1 fully saturated rings. The molecule has 1 aliphatic rings. The average molecular weight is 370 g/mol. The van der Waals surface area contributed by atoms with Crippen molar-refractivity contribution in [2.75, 3.05) is 7.11 Å². The van der Waals surface area contributed by atoms with Crippen LogP contribution in [0.4, 0.5) is 8.78 Å². The largest absolute Gasteiger partial charge is 0.496 e. The van der Waals surface area contributed by atoms with Crippen molar-refractivity contribution in [1.29, 1.82) is 0 Å². The molecule has 0 spiro atoms. The van der Waals surface area contributed by atoms with Gasteiger partial charge in [0.1, 0.15) is 17.1 Å². The molecule has 26 heavy (non-hydrogen) atoms. The maximum Gasteiger partial charge on any atom is 0.495 e. The summed E-state index contributed by atoms with van der Waals surface area (Å²) in [6.45, 7) is 6.32. The molecule has 0 bridgehead atoms. The van der Waals surface area contributed by atoms with Crippen molar-refractivity contribution in [1.82, 2.24) is 0 Å². The predicted molar refractivity (Wildman–Crippen MR) is 94.6 cm³/mol. The van der Waals surface area contributed by atoms with Gasteiger partial charge in [0.25, 0.3) is 0 Å². The second-order valence-electron chi connectivity index (χ2n) is 7.24. The smallest absolute Gasteiger partial charge is 0.495 e. The SMILES string of the molecule is CCCC(=O)c1c(OC)cc(B2OC(C)(C)C(C)(C)O2)cc1OC(F)F. The minimum atomic E-state index is -3.07. The first-order valence-corrected chi connectivity index (χ1v) is 8.58. The summed E-state index contributed by atoms with van der Waals surface area (Å²) in [6, 6.07) is 2.93. The van der Waals surface area contributed by atoms with E-state index in [0.717, 1.165) is 0 Å². The van der Waals surface area contributed by atoms with E-state index in [1.807, 2.05) is 34.6 Å². The van der Waals surface area contributed by atoms with Gasteiger partial charge in [0, 0.05) is 6.42 Å². The lowest BCUT2D eigenvalue weighted by Gasteiger charge is -2.32. The molecule has 8 heteroatoms. The van der Waals surface area contributed by atoms with Crippen molar-refractivity contribution in [3.05, 3.63) is 17.7 Å². The fraction of sp³-hybridized carbons (Fsp3) is 0.611. The number of carbonyl (C=O) groups excluding carboxylic acids is 1. The van der Waals surface area contributed by atoms with Gasteiger partial charge in [0.2, 0.25) is 0 Å². The van der Waals surface area contributed by atoms with E-state index in [4.69, 9.17) is 14.0 Å². The zero-order chi connectivity index (χ0) is 19.7. The molecule has 0 aliphatic carbocycles. The maximum absolute atomic E-state index is 12.9. The van der Waals surface area contributed by atoms with Crippen LogP contribution in [0.25, 0.3) is 0 Å². The van der Waals surface area contributed by atoms with Crippen LogP contribution in [0, 0.1) is 0 Å². The summed E-state index contributed by atoms with van der Waals surface area (Å²) in [7, 11) is 0.586. The van der Waals surface area contributed by atoms with Crippen LogP contribution in [0.5, 0.6) is 11.5 Å². The molecule has 1 saturated heterocycles. The minimum absolute atomic E-state index is 0.00918. The Balaban J connectivity index is 2.51. The molecule has 0 N–H and O–H groups in total. The number of hydrogen-bond acceptors (Lipinski definition) is 5. The van der Waals surface area contributed by atoms with Gasteiger partial charge in [-0.05, 0) is 51.7 Å². The fourth-order valence-electron chi connectivity index (χ4n) is 2.70. The van der Waals surface area contributed by atoms with Gasteiger partial charge in [-0.25, -0.2) is 0 Å². The van der Waals surface area contributed by atoms with Crippen LogP contribution in [0.3, 0.4) is 0 Å². The van der Waals surface area contributed by atoms with E-state index in [1.54, 1.807) is 6.07 Å². The number of benzene rings is 1. The molecule has 0 unspecified atom stereocenters. The summed E-state index contributed by atoms with van der Waals surface area (Å²) in [4.78, 5) is 12.4. The van der Waals surface area contributed by atoms with E-state index in [1.165, 1.54) is 13.2 Å². The summed E-state index contributed by atoms with van der Waals surface area (Å²) in [5.74, 6) is -0.394. The van der Waals surface area contributed by atoms with Gasteiger partial charge in [-0.1, -0.05) is 6.92 Å². The van der Waals surface area contributed by atoms with Crippen LogP contribution in [0.1, 0.15) is 57.8 Å². The standard InChI is InChI=1S/C18H25BF2O5/c1-7-8-12(22)15-13(23-6)9-11(10-14(15)24-16(20)21)19-25-17(2,3)18(4,5)26-19/h9-10,16H,7-8H2,1-6H3. The highest BCUT2D eigenvalue weighted by molar-refractivity contribution is 6.62. The van der Waals surface area contributed by atoms with Gasteiger partial charge in [-0.15, -0.1) is 0 Å². The minimum Gasteiger partial charge on any atom is -0.496 e. The summed E-state index contributed by atoms with van der Waals surface area (Å²) in [5.41, 5.74) is -0.726. The van der Waals surface area contributed by atoms with E-state index in [9.17, 15) is 13.6 Å². The second kappa shape index (κ2) is 7.52. The normalized spacial score (nSPS) is 18.3. The topological polar surface area (TPSA) is 54.0 Å². The first-order chi connectivity index (χ1) is 12.0. The molecule has 1 aromatic rings. The predicted octanol–water partition coefficient (Wildman–Crippen LogP) is 3.58. The van der Waals surface area contributed by atoms with Crippen LogP contribution < -0.4 is 14.9 Å². The van der Waals surface area contributed by atoms with Gasteiger partial charge in [0.05, 0.1) is 18.3 Å². The van der Waals surface area contributed by atoms with Gasteiger partial charge >= 0.3 is 13.7 Å². The Kier molecular flexibility index (Phi) is 5.97. The zero-order valence-corrected chi connectivity index (χ0v) is 16.0. The lowest BCUT2D eigenvalue weighted by atomic mass is 9.78. The number of ether oxygens (including phenoxy) is 2. The quantitative estimate of drug-likeness (QED) is 0.543. The van der Waals surface area contributed by atoms with E-state index in [0.29, 0.717) is 11.9 Å². The Bertz CT molecular complexity index is 660. The molecule has 1 aromatic carbocycles. The number of ketones is 1. The van der Waals surface area contributed by atoms with E-state index in [-0.39, 0.29) is 29.3 Å². The molecule has 2 rings (SSSR count). The van der Waals surface area contributed by atoms with Crippen molar-refractivity contribution < 1.29 is 32.4 Å². The van der Waals surface area contributed by atoms with Gasteiger partial charge in [0.15, 0.2) is 5.78 Å². The molecule has 0 amide bonds. The first-order valence-electron chi connectivity index (χ1n) is 8.58. The number of rotatable bonds is 7. The van der Waals surface area contributed by atoms with Gasteiger partial charge in [-0.3, -0.25) is 4.79 Å². The van der Waals surface area contributed by atoms with Crippen molar-refractivity contribution >= 4 is 18.4 Å². The summed E-state index contributed by atoms with van der Waals surface area (Å²) in [6.07, 6.45) is 0.779. The first kappa shape index (κ1) is 20.6. The number of alkyl halides is 2. The van der Waals surface area contributed by atoms with Crippen LogP contribution in [-0.2, 0) is 9.31 Å². The highest BCUT2D eigenvalue weighted by Crippen LogP contribution is 2.38. The van der Waals surface area contributed by atoms with Crippen molar-refractivity contribution in [3.63, 3.8) is 0 Å². The Morgan fingerprint density at radius 3 is 2.15 bits per heavy atom. The van der Waals surface area contributed by atoms with Crippen LogP contribution in [0.2, 0.25) is 0 Å². The van der Waals surface area contributed by atoms with E-state index in [2.05, 4.69) is 4.74 Å². The lowest BCUT2D eigenvalue weighted by molar-refractivity contribution is -0.0502. The van der Waals surface area contributed by atoms with Gasteiger partial charge in [-0.2, -0.15) is 8.78 Å². The highest BCUT2D eigenvalue weighted by atomic mass is 19.3. The molecule has 1 heterocycles. The van der Waals surface area contributed by atoms with Crippen molar-refractivity contribution in [2.24, 2.45) is 0 Å². The molecule has 144 valence electrons. The van der Waals surface area contributed by atoms with Crippen molar-refractivity contribution in [3.8, 4) is 11.5 Å². The fourth-order valence-corrected chi connectivity index (χ4v) is 2.70. The molecule has 0 radical (unpaired) electrons. The highest BCUT2D eigenvalue weighted by Gasteiger charge is 2.52. The third-order valence-corrected chi connectivity index (χ3v) is 4.81. The number of methoxy groups -OCH3 is 1. The van der Waals surface area contributed by atoms with Crippen LogP contribution in [-0.4, -0.2) is 37.8 Å². The summed E-state index contributed by atoms with van der Waals surface area (Å²) < 4.78 is 47.6.